The molecule has 1 aliphatic rings. The Kier molecular flexibility index (Phi) is 8.03. The van der Waals surface area contributed by atoms with Crippen LogP contribution in [0.2, 0.25) is 0 Å². The van der Waals surface area contributed by atoms with Gasteiger partial charge < -0.3 is 9.19 Å². The molecule has 0 N–H and O–H groups in total. The Morgan fingerprint density at radius 2 is 1.47 bits per heavy atom. The monoisotopic (exact) mass is 217 g/mol. The highest BCUT2D eigenvalue weighted by Crippen LogP contribution is 2.17. The number of quaternary nitrogens is 1. The van der Waals surface area contributed by atoms with Crippen LogP contribution in [0.3, 0.4) is 0 Å². The van der Waals surface area contributed by atoms with Gasteiger partial charge >= 0.3 is 0 Å². The molecule has 0 unspecified atom stereocenters. The molecule has 1 rings (SSSR count). The molecule has 0 saturated carbocycles. The Balaban J connectivity index is 0.00000196. The predicted molar refractivity (Wildman–Crippen MR) is 63.4 cm³/mol. The molecule has 1 saturated heterocycles. The van der Waals surface area contributed by atoms with Crippen molar-refractivity contribution in [3.05, 3.63) is 0 Å². The van der Waals surface area contributed by atoms with Crippen LogP contribution in [0, 0.1) is 0 Å². The van der Waals surface area contributed by atoms with Gasteiger partial charge in [0, 0.05) is 0 Å². The molecule has 92 valence electrons. The number of piperidine rings is 1. The van der Waals surface area contributed by atoms with Crippen molar-refractivity contribution >= 4 is 0 Å². The molecule has 2 heteroatoms. The summed E-state index contributed by atoms with van der Waals surface area (Å²) in [4.78, 5) is 0. The standard InChI is InChI=1S/C13H28N.FH/c1-3-4-5-6-8-11-14(2)12-9-7-10-13-14;/h3-13H2,1-2H3;1H/q+1;/p-1. The van der Waals surface area contributed by atoms with E-state index in [1.807, 2.05) is 0 Å². The largest absolute Gasteiger partial charge is 1.00 e. The molecule has 0 aromatic carbocycles. The fourth-order valence-electron chi connectivity index (χ4n) is 2.60. The van der Waals surface area contributed by atoms with Gasteiger partial charge in [0.15, 0.2) is 0 Å². The lowest BCUT2D eigenvalue weighted by Gasteiger charge is -2.37. The van der Waals surface area contributed by atoms with Crippen LogP contribution >= 0.6 is 0 Å². The fraction of sp³-hybridized carbons (Fsp3) is 1.00. The Morgan fingerprint density at radius 3 is 2.07 bits per heavy atom. The number of hydrogen-bond acceptors (Lipinski definition) is 0. The van der Waals surface area contributed by atoms with E-state index in [0.717, 1.165) is 0 Å². The number of hydrogen-bond donors (Lipinski definition) is 0. The minimum Gasteiger partial charge on any atom is -1.00 e. The molecule has 1 heterocycles. The van der Waals surface area contributed by atoms with E-state index in [1.54, 1.807) is 0 Å². The summed E-state index contributed by atoms with van der Waals surface area (Å²) in [6.07, 6.45) is 11.6. The minimum absolute atomic E-state index is 0. The van der Waals surface area contributed by atoms with Gasteiger partial charge in [-0.25, -0.2) is 0 Å². The van der Waals surface area contributed by atoms with E-state index in [9.17, 15) is 0 Å². The van der Waals surface area contributed by atoms with Gasteiger partial charge in [0.2, 0.25) is 0 Å². The van der Waals surface area contributed by atoms with Crippen LogP contribution in [0.25, 0.3) is 0 Å². The first-order valence-electron chi connectivity index (χ1n) is 6.60. The first-order valence-corrected chi connectivity index (χ1v) is 6.60. The average molecular weight is 217 g/mol. The second-order valence-electron chi connectivity index (χ2n) is 5.27. The second kappa shape index (κ2) is 8.09. The maximum absolute atomic E-state index is 2.46. The van der Waals surface area contributed by atoms with Crippen molar-refractivity contribution in [3.8, 4) is 0 Å². The van der Waals surface area contributed by atoms with Gasteiger partial charge in [-0.1, -0.05) is 26.2 Å². The lowest BCUT2D eigenvalue weighted by atomic mass is 10.1. The normalized spacial score (nSPS) is 19.6. The first kappa shape index (κ1) is 14.9. The number of rotatable bonds is 6. The molecule has 0 spiro atoms. The molecule has 0 aromatic heterocycles. The van der Waals surface area contributed by atoms with Crippen LogP contribution in [0.5, 0.6) is 0 Å². The third-order valence-corrected chi connectivity index (χ3v) is 3.70. The van der Waals surface area contributed by atoms with Gasteiger partial charge in [-0.05, 0) is 32.1 Å². The van der Waals surface area contributed by atoms with Crippen molar-refractivity contribution in [1.29, 1.82) is 0 Å². The lowest BCUT2D eigenvalue weighted by Crippen LogP contribution is -3.00. The zero-order chi connectivity index (χ0) is 10.3. The summed E-state index contributed by atoms with van der Waals surface area (Å²) in [5.41, 5.74) is 0. The molecular formula is C13H28FN. The lowest BCUT2D eigenvalue weighted by molar-refractivity contribution is -0.914. The molecule has 0 aliphatic carbocycles. The quantitative estimate of drug-likeness (QED) is 0.451. The Hall–Kier alpha value is -0.110. The third kappa shape index (κ3) is 6.14. The predicted octanol–water partition coefficient (Wildman–Crippen LogP) is 0.591. The minimum atomic E-state index is 0. The van der Waals surface area contributed by atoms with E-state index in [1.165, 1.54) is 75.5 Å². The van der Waals surface area contributed by atoms with Crippen LogP contribution in [0.4, 0.5) is 0 Å². The topological polar surface area (TPSA) is 0 Å². The number of nitrogens with zero attached hydrogens (tertiary/aromatic N) is 1. The zero-order valence-corrected chi connectivity index (χ0v) is 10.6. The van der Waals surface area contributed by atoms with E-state index >= 15 is 0 Å². The molecule has 0 amide bonds. The third-order valence-electron chi connectivity index (χ3n) is 3.70. The molecule has 1 fully saturated rings. The van der Waals surface area contributed by atoms with E-state index in [2.05, 4.69) is 14.0 Å². The first-order chi connectivity index (χ1) is 6.77. The van der Waals surface area contributed by atoms with Gasteiger partial charge in [-0.15, -0.1) is 0 Å². The van der Waals surface area contributed by atoms with Crippen molar-refractivity contribution in [3.63, 3.8) is 0 Å². The molecule has 0 bridgehead atoms. The van der Waals surface area contributed by atoms with Crippen molar-refractivity contribution in [2.45, 2.75) is 58.3 Å². The van der Waals surface area contributed by atoms with Crippen molar-refractivity contribution in [2.24, 2.45) is 0 Å². The molecule has 15 heavy (non-hydrogen) atoms. The van der Waals surface area contributed by atoms with Gasteiger partial charge in [0.25, 0.3) is 0 Å². The summed E-state index contributed by atoms with van der Waals surface area (Å²) in [6, 6.07) is 0. The van der Waals surface area contributed by atoms with Crippen LogP contribution in [-0.4, -0.2) is 31.2 Å². The van der Waals surface area contributed by atoms with Gasteiger partial charge in [-0.2, -0.15) is 0 Å². The number of unbranched alkanes of at least 4 members (excludes halogenated alkanes) is 4. The number of likely N-dealkylation sites (tertiary alicyclic amines) is 1. The van der Waals surface area contributed by atoms with E-state index in [4.69, 9.17) is 0 Å². The molecule has 0 aromatic rings. The van der Waals surface area contributed by atoms with E-state index in [0.29, 0.717) is 0 Å². The van der Waals surface area contributed by atoms with Gasteiger partial charge in [-0.3, -0.25) is 0 Å². The molecule has 0 atom stereocenters. The smallest absolute Gasteiger partial charge is 0.0784 e. The summed E-state index contributed by atoms with van der Waals surface area (Å²) >= 11 is 0. The highest BCUT2D eigenvalue weighted by atomic mass is 19.0. The SMILES string of the molecule is CCCCCCC[N+]1(C)CCCCC1.[F-]. The Bertz CT molecular complexity index is 141. The second-order valence-corrected chi connectivity index (χ2v) is 5.27. The van der Waals surface area contributed by atoms with Crippen LogP contribution in [0.15, 0.2) is 0 Å². The summed E-state index contributed by atoms with van der Waals surface area (Å²) in [5, 5.41) is 0. The Labute approximate surface area is 94.8 Å². The van der Waals surface area contributed by atoms with Crippen LogP contribution in [-0.2, 0) is 0 Å². The summed E-state index contributed by atoms with van der Waals surface area (Å²) in [5.74, 6) is 0. The fourth-order valence-corrected chi connectivity index (χ4v) is 2.60. The molecule has 0 radical (unpaired) electrons. The summed E-state index contributed by atoms with van der Waals surface area (Å²) in [7, 11) is 2.46. The van der Waals surface area contributed by atoms with Gasteiger partial charge in [0.1, 0.15) is 0 Å². The highest BCUT2D eigenvalue weighted by Gasteiger charge is 2.23. The van der Waals surface area contributed by atoms with Crippen molar-refractivity contribution in [1.82, 2.24) is 0 Å². The van der Waals surface area contributed by atoms with Crippen molar-refractivity contribution < 1.29 is 9.19 Å². The van der Waals surface area contributed by atoms with Gasteiger partial charge in [0.05, 0.1) is 26.7 Å². The van der Waals surface area contributed by atoms with Crippen molar-refractivity contribution in [2.75, 3.05) is 26.7 Å². The van der Waals surface area contributed by atoms with E-state index in [-0.39, 0.29) is 4.70 Å². The van der Waals surface area contributed by atoms with Crippen LogP contribution in [0.1, 0.15) is 58.3 Å². The maximum atomic E-state index is 2.46. The highest BCUT2D eigenvalue weighted by molar-refractivity contribution is 4.52. The summed E-state index contributed by atoms with van der Waals surface area (Å²) < 4.78 is 1.37. The molecule has 1 nitrogen and oxygen atoms in total. The molecule has 1 aliphatic heterocycles. The average Bonchev–Trinajstić information content (AvgIpc) is 2.18. The van der Waals surface area contributed by atoms with E-state index < -0.39 is 0 Å². The summed E-state index contributed by atoms with van der Waals surface area (Å²) in [6.45, 7) is 6.60. The zero-order valence-electron chi connectivity index (χ0n) is 10.6. The number of halogens is 1. The van der Waals surface area contributed by atoms with Crippen LogP contribution < -0.4 is 4.70 Å². The maximum Gasteiger partial charge on any atom is 0.0784 e. The Morgan fingerprint density at radius 1 is 0.867 bits per heavy atom. The molecular weight excluding hydrogens is 189 g/mol.